The highest BCUT2D eigenvalue weighted by molar-refractivity contribution is 6.04. The van der Waals surface area contributed by atoms with Crippen LogP contribution < -0.4 is 5.32 Å². The molecule has 0 aliphatic carbocycles. The van der Waals surface area contributed by atoms with Crippen LogP contribution in [0.1, 0.15) is 10.4 Å². The van der Waals surface area contributed by atoms with Crippen molar-refractivity contribution in [2.75, 3.05) is 5.32 Å². The van der Waals surface area contributed by atoms with Gasteiger partial charge in [-0.3, -0.25) is 4.79 Å². The number of amides is 1. The number of pyridine rings is 1. The lowest BCUT2D eigenvalue weighted by Crippen LogP contribution is -2.16. The number of rotatable bonds is 2. The van der Waals surface area contributed by atoms with Crippen molar-refractivity contribution in [3.63, 3.8) is 0 Å². The van der Waals surface area contributed by atoms with Crippen LogP contribution in [-0.4, -0.2) is 10.9 Å². The number of carbonyl (C=O) groups is 1. The lowest BCUT2D eigenvalue weighted by molar-refractivity contribution is 0.102. The highest BCUT2D eigenvalue weighted by atomic mass is 19.2. The fourth-order valence-corrected chi connectivity index (χ4v) is 1.37. The number of halogens is 4. The molecule has 1 amide bonds. The molecule has 3 nitrogen and oxygen atoms in total. The molecule has 0 aliphatic rings. The predicted molar refractivity (Wildman–Crippen MR) is 58.5 cm³/mol. The fraction of sp³-hybridized carbons (Fsp3) is 0. The monoisotopic (exact) mass is 270 g/mol. The Morgan fingerprint density at radius 1 is 1.11 bits per heavy atom. The fourth-order valence-electron chi connectivity index (χ4n) is 1.37. The second-order valence-corrected chi connectivity index (χ2v) is 3.54. The summed E-state index contributed by atoms with van der Waals surface area (Å²) in [6, 6.07) is 3.38. The van der Waals surface area contributed by atoms with Gasteiger partial charge in [-0.1, -0.05) is 0 Å². The van der Waals surface area contributed by atoms with Crippen LogP contribution >= 0.6 is 0 Å². The van der Waals surface area contributed by atoms with E-state index in [0.29, 0.717) is 6.07 Å². The first-order valence-corrected chi connectivity index (χ1v) is 5.05. The van der Waals surface area contributed by atoms with Crippen molar-refractivity contribution in [1.82, 2.24) is 4.98 Å². The van der Waals surface area contributed by atoms with E-state index in [1.54, 1.807) is 0 Å². The van der Waals surface area contributed by atoms with Crippen molar-refractivity contribution in [3.05, 3.63) is 59.4 Å². The van der Waals surface area contributed by atoms with Crippen LogP contribution in [-0.2, 0) is 0 Å². The average Bonchev–Trinajstić information content (AvgIpc) is 2.36. The largest absolute Gasteiger partial charge is 0.319 e. The maximum Gasteiger partial charge on any atom is 0.258 e. The van der Waals surface area contributed by atoms with Crippen LogP contribution in [0.2, 0.25) is 0 Å². The number of hydrogen-bond acceptors (Lipinski definition) is 2. The molecule has 1 heterocycles. The number of nitrogens with zero attached hydrogens (tertiary/aromatic N) is 1. The SMILES string of the molecule is O=C(Nc1ccc(F)cc1F)c1ccnc(F)c1F. The van der Waals surface area contributed by atoms with E-state index < -0.39 is 34.9 Å². The van der Waals surface area contributed by atoms with Crippen LogP contribution in [0.25, 0.3) is 0 Å². The number of aromatic nitrogens is 1. The summed E-state index contributed by atoms with van der Waals surface area (Å²) in [6.07, 6.45) is 0.897. The molecule has 0 saturated heterocycles. The molecule has 19 heavy (non-hydrogen) atoms. The van der Waals surface area contributed by atoms with Gasteiger partial charge in [0.1, 0.15) is 11.6 Å². The van der Waals surface area contributed by atoms with E-state index in [2.05, 4.69) is 4.98 Å². The predicted octanol–water partition coefficient (Wildman–Crippen LogP) is 2.89. The minimum Gasteiger partial charge on any atom is -0.319 e. The van der Waals surface area contributed by atoms with Gasteiger partial charge in [-0.05, 0) is 18.2 Å². The van der Waals surface area contributed by atoms with Crippen LogP contribution in [0.3, 0.4) is 0 Å². The van der Waals surface area contributed by atoms with Crippen LogP contribution in [0.4, 0.5) is 23.2 Å². The molecule has 1 aromatic carbocycles. The van der Waals surface area contributed by atoms with Gasteiger partial charge in [0, 0.05) is 12.3 Å². The molecule has 1 N–H and O–H groups in total. The molecule has 2 aromatic rings. The molecule has 0 bridgehead atoms. The Morgan fingerprint density at radius 2 is 1.84 bits per heavy atom. The zero-order valence-corrected chi connectivity index (χ0v) is 9.25. The molecule has 98 valence electrons. The van der Waals surface area contributed by atoms with Crippen molar-refractivity contribution in [3.8, 4) is 0 Å². The highest BCUT2D eigenvalue weighted by Gasteiger charge is 2.17. The van der Waals surface area contributed by atoms with Gasteiger partial charge in [0.05, 0.1) is 11.3 Å². The quantitative estimate of drug-likeness (QED) is 0.673. The van der Waals surface area contributed by atoms with E-state index >= 15 is 0 Å². The number of hydrogen-bond donors (Lipinski definition) is 1. The molecule has 1 aromatic heterocycles. The first kappa shape index (κ1) is 13.0. The van der Waals surface area contributed by atoms with E-state index in [0.717, 1.165) is 24.4 Å². The molecule has 2 rings (SSSR count). The summed E-state index contributed by atoms with van der Waals surface area (Å²) >= 11 is 0. The normalized spacial score (nSPS) is 10.3. The summed E-state index contributed by atoms with van der Waals surface area (Å²) < 4.78 is 52.0. The molecule has 0 fully saturated rings. The van der Waals surface area contributed by atoms with Gasteiger partial charge in [-0.2, -0.15) is 4.39 Å². The van der Waals surface area contributed by atoms with Gasteiger partial charge in [0.15, 0.2) is 5.82 Å². The van der Waals surface area contributed by atoms with E-state index in [4.69, 9.17) is 0 Å². The molecule has 0 atom stereocenters. The van der Waals surface area contributed by atoms with Crippen molar-refractivity contribution in [1.29, 1.82) is 0 Å². The zero-order chi connectivity index (χ0) is 14.0. The Labute approximate surface area is 104 Å². The van der Waals surface area contributed by atoms with Gasteiger partial charge in [0.2, 0.25) is 5.95 Å². The maximum atomic E-state index is 13.3. The van der Waals surface area contributed by atoms with Gasteiger partial charge in [0.25, 0.3) is 5.91 Å². The topological polar surface area (TPSA) is 42.0 Å². The number of anilines is 1. The van der Waals surface area contributed by atoms with Crippen LogP contribution in [0.5, 0.6) is 0 Å². The molecule has 0 radical (unpaired) electrons. The van der Waals surface area contributed by atoms with E-state index in [-0.39, 0.29) is 5.69 Å². The van der Waals surface area contributed by atoms with E-state index in [1.165, 1.54) is 0 Å². The summed E-state index contributed by atoms with van der Waals surface area (Å²) in [5, 5.41) is 2.01. The van der Waals surface area contributed by atoms with Gasteiger partial charge < -0.3 is 5.32 Å². The number of nitrogens with one attached hydrogen (secondary N) is 1. The Bertz CT molecular complexity index is 646. The smallest absolute Gasteiger partial charge is 0.258 e. The van der Waals surface area contributed by atoms with Gasteiger partial charge in [-0.15, -0.1) is 0 Å². The summed E-state index contributed by atoms with van der Waals surface area (Å²) in [6.45, 7) is 0. The Hall–Kier alpha value is -2.44. The first-order valence-electron chi connectivity index (χ1n) is 5.05. The van der Waals surface area contributed by atoms with E-state index in [9.17, 15) is 22.4 Å². The summed E-state index contributed by atoms with van der Waals surface area (Å²) in [4.78, 5) is 14.6. The number of benzene rings is 1. The zero-order valence-electron chi connectivity index (χ0n) is 9.25. The third kappa shape index (κ3) is 2.70. The standard InChI is InChI=1S/C12H6F4N2O/c13-6-1-2-9(8(14)5-6)18-12(19)7-3-4-17-11(16)10(7)15/h1-5H,(H,18,19). The van der Waals surface area contributed by atoms with Crippen molar-refractivity contribution < 1.29 is 22.4 Å². The Balaban J connectivity index is 2.28. The lowest BCUT2D eigenvalue weighted by Gasteiger charge is -2.07. The molecule has 0 spiro atoms. The third-order valence-electron chi connectivity index (χ3n) is 2.27. The minimum absolute atomic E-state index is 0.344. The van der Waals surface area contributed by atoms with E-state index in [1.807, 2.05) is 5.32 Å². The number of carbonyl (C=O) groups excluding carboxylic acids is 1. The molecular weight excluding hydrogens is 264 g/mol. The maximum absolute atomic E-state index is 13.3. The second kappa shape index (κ2) is 5.05. The van der Waals surface area contributed by atoms with Gasteiger partial charge >= 0.3 is 0 Å². The Morgan fingerprint density at radius 3 is 2.53 bits per heavy atom. The summed E-state index contributed by atoms with van der Waals surface area (Å²) in [5.74, 6) is -5.79. The average molecular weight is 270 g/mol. The van der Waals surface area contributed by atoms with Crippen molar-refractivity contribution in [2.24, 2.45) is 0 Å². The summed E-state index contributed by atoms with van der Waals surface area (Å²) in [5.41, 5.74) is -0.973. The highest BCUT2D eigenvalue weighted by Crippen LogP contribution is 2.17. The molecule has 7 heteroatoms. The van der Waals surface area contributed by atoms with Crippen LogP contribution in [0, 0.1) is 23.4 Å². The van der Waals surface area contributed by atoms with Crippen molar-refractivity contribution >= 4 is 11.6 Å². The molecule has 0 saturated carbocycles. The first-order chi connectivity index (χ1) is 8.99. The second-order valence-electron chi connectivity index (χ2n) is 3.54. The van der Waals surface area contributed by atoms with Crippen molar-refractivity contribution in [2.45, 2.75) is 0 Å². The lowest BCUT2D eigenvalue weighted by atomic mass is 10.2. The minimum atomic E-state index is -1.44. The van der Waals surface area contributed by atoms with Gasteiger partial charge in [-0.25, -0.2) is 18.2 Å². The molecule has 0 aliphatic heterocycles. The molecule has 0 unspecified atom stereocenters. The third-order valence-corrected chi connectivity index (χ3v) is 2.27. The molecular formula is C12H6F4N2O. The Kier molecular flexibility index (Phi) is 3.46. The van der Waals surface area contributed by atoms with Crippen LogP contribution in [0.15, 0.2) is 30.5 Å². The summed E-state index contributed by atoms with van der Waals surface area (Å²) in [7, 11) is 0.